The Kier molecular flexibility index (Phi) is 2.66. The minimum Gasteiger partial charge on any atom is -0.450 e. The minimum absolute atomic E-state index is 0.0184. The zero-order chi connectivity index (χ0) is 12.6. The molecule has 7 heteroatoms. The van der Waals surface area contributed by atoms with Gasteiger partial charge in [0.1, 0.15) is 10.6 Å². The molecule has 0 bridgehead atoms. The summed E-state index contributed by atoms with van der Waals surface area (Å²) in [7, 11) is 0. The van der Waals surface area contributed by atoms with Crippen LogP contribution in [-0.2, 0) is 10.3 Å². The van der Waals surface area contributed by atoms with Crippen molar-refractivity contribution in [1.29, 1.82) is 0 Å². The third-order valence-electron chi connectivity index (χ3n) is 2.66. The van der Waals surface area contributed by atoms with Gasteiger partial charge in [0.25, 0.3) is 5.69 Å². The quantitative estimate of drug-likeness (QED) is 0.511. The molecule has 0 amide bonds. The highest BCUT2D eigenvalue weighted by Crippen LogP contribution is 2.50. The normalized spacial score (nSPS) is 16.3. The van der Waals surface area contributed by atoms with Crippen molar-refractivity contribution in [3.05, 3.63) is 38.9 Å². The monoisotopic (exact) mass is 257 g/mol. The number of rotatable bonds is 3. The second-order valence-electron chi connectivity index (χ2n) is 3.79. The molecule has 1 saturated carbocycles. The van der Waals surface area contributed by atoms with Gasteiger partial charge in [-0.3, -0.25) is 10.1 Å². The number of nitro groups is 1. The van der Waals surface area contributed by atoms with Gasteiger partial charge in [0.2, 0.25) is 0 Å². The van der Waals surface area contributed by atoms with E-state index in [2.05, 4.69) is 0 Å². The summed E-state index contributed by atoms with van der Waals surface area (Å²) >= 11 is 5.67. The predicted octanol–water partition coefficient (Wildman–Crippen LogP) is 2.93. The maximum absolute atomic E-state index is 10.7. The van der Waals surface area contributed by atoms with Crippen LogP contribution in [0.5, 0.6) is 0 Å². The SMILES string of the molecule is O=C(O)OC1(c2ccc(Cl)c([N+](=O)[O-])c2)CC1. The average Bonchev–Trinajstić information content (AvgIpc) is 2.97. The number of benzene rings is 1. The highest BCUT2D eigenvalue weighted by Gasteiger charge is 2.49. The van der Waals surface area contributed by atoms with Crippen LogP contribution in [0.4, 0.5) is 10.5 Å². The molecule has 17 heavy (non-hydrogen) atoms. The van der Waals surface area contributed by atoms with Crippen molar-refractivity contribution in [2.24, 2.45) is 0 Å². The lowest BCUT2D eigenvalue weighted by molar-refractivity contribution is -0.384. The van der Waals surface area contributed by atoms with Crippen LogP contribution in [0.2, 0.25) is 5.02 Å². The third-order valence-corrected chi connectivity index (χ3v) is 2.98. The second-order valence-corrected chi connectivity index (χ2v) is 4.19. The first-order valence-electron chi connectivity index (χ1n) is 4.81. The van der Waals surface area contributed by atoms with Crippen LogP contribution in [0.1, 0.15) is 18.4 Å². The number of hydrogen-bond acceptors (Lipinski definition) is 4. The van der Waals surface area contributed by atoms with Crippen LogP contribution in [0.15, 0.2) is 18.2 Å². The van der Waals surface area contributed by atoms with Gasteiger partial charge in [-0.25, -0.2) is 4.79 Å². The van der Waals surface area contributed by atoms with Crippen molar-refractivity contribution >= 4 is 23.4 Å². The molecule has 0 spiro atoms. The highest BCUT2D eigenvalue weighted by molar-refractivity contribution is 6.32. The van der Waals surface area contributed by atoms with E-state index in [1.807, 2.05) is 0 Å². The molecule has 1 aromatic rings. The Morgan fingerprint density at radius 3 is 2.65 bits per heavy atom. The molecule has 1 aromatic carbocycles. The standard InChI is InChI=1S/C10H8ClNO5/c11-7-2-1-6(5-8(7)12(15)16)10(3-4-10)17-9(13)14/h1-2,5H,3-4H2,(H,13,14). The van der Waals surface area contributed by atoms with Gasteiger partial charge in [-0.05, 0) is 18.9 Å². The lowest BCUT2D eigenvalue weighted by atomic mass is 10.1. The Morgan fingerprint density at radius 1 is 1.53 bits per heavy atom. The van der Waals surface area contributed by atoms with E-state index < -0.39 is 16.7 Å². The number of ether oxygens (including phenoxy) is 1. The van der Waals surface area contributed by atoms with Gasteiger partial charge in [-0.1, -0.05) is 17.7 Å². The van der Waals surface area contributed by atoms with E-state index in [1.54, 1.807) is 6.07 Å². The Balaban J connectivity index is 2.37. The summed E-state index contributed by atoms with van der Waals surface area (Å²) in [5, 5.41) is 19.3. The molecule has 2 rings (SSSR count). The van der Waals surface area contributed by atoms with Crippen LogP contribution in [-0.4, -0.2) is 16.2 Å². The number of carbonyl (C=O) groups is 1. The van der Waals surface area contributed by atoms with E-state index in [1.165, 1.54) is 12.1 Å². The maximum Gasteiger partial charge on any atom is 0.506 e. The number of carboxylic acid groups (broad SMARTS) is 1. The summed E-state index contributed by atoms with van der Waals surface area (Å²) in [6.45, 7) is 0. The largest absolute Gasteiger partial charge is 0.506 e. The summed E-state index contributed by atoms with van der Waals surface area (Å²) in [5.74, 6) is 0. The zero-order valence-electron chi connectivity index (χ0n) is 8.55. The van der Waals surface area contributed by atoms with Gasteiger partial charge >= 0.3 is 6.16 Å². The summed E-state index contributed by atoms with van der Waals surface area (Å²) < 4.78 is 4.76. The maximum atomic E-state index is 10.7. The number of nitro benzene ring substituents is 1. The predicted molar refractivity (Wildman–Crippen MR) is 58.1 cm³/mol. The van der Waals surface area contributed by atoms with Crippen molar-refractivity contribution in [1.82, 2.24) is 0 Å². The van der Waals surface area contributed by atoms with E-state index in [-0.39, 0.29) is 10.7 Å². The molecule has 0 radical (unpaired) electrons. The van der Waals surface area contributed by atoms with Crippen LogP contribution in [0, 0.1) is 10.1 Å². The molecule has 0 heterocycles. The van der Waals surface area contributed by atoms with Crippen LogP contribution in [0.25, 0.3) is 0 Å². The van der Waals surface area contributed by atoms with Gasteiger partial charge in [0.05, 0.1) is 4.92 Å². The number of hydrogen-bond donors (Lipinski definition) is 1. The minimum atomic E-state index is -1.39. The van der Waals surface area contributed by atoms with Gasteiger partial charge in [0, 0.05) is 11.6 Å². The first-order valence-corrected chi connectivity index (χ1v) is 5.19. The number of nitrogens with zero attached hydrogens (tertiary/aromatic N) is 1. The van der Waals surface area contributed by atoms with Gasteiger partial charge in [-0.2, -0.15) is 0 Å². The van der Waals surface area contributed by atoms with Crippen molar-refractivity contribution < 1.29 is 19.6 Å². The summed E-state index contributed by atoms with van der Waals surface area (Å²) in [6.07, 6.45) is -0.337. The van der Waals surface area contributed by atoms with Crippen molar-refractivity contribution in [2.45, 2.75) is 18.4 Å². The van der Waals surface area contributed by atoms with E-state index in [0.29, 0.717) is 18.4 Å². The average molecular weight is 258 g/mol. The van der Waals surface area contributed by atoms with Gasteiger partial charge in [0.15, 0.2) is 0 Å². The molecular formula is C10H8ClNO5. The summed E-state index contributed by atoms with van der Waals surface area (Å²) in [6, 6.07) is 4.18. The van der Waals surface area contributed by atoms with E-state index in [0.717, 1.165) is 0 Å². The van der Waals surface area contributed by atoms with Crippen molar-refractivity contribution in [3.8, 4) is 0 Å². The van der Waals surface area contributed by atoms with Crippen LogP contribution < -0.4 is 0 Å². The van der Waals surface area contributed by atoms with Crippen LogP contribution in [0.3, 0.4) is 0 Å². The van der Waals surface area contributed by atoms with E-state index in [4.69, 9.17) is 21.4 Å². The fraction of sp³-hybridized carbons (Fsp3) is 0.300. The highest BCUT2D eigenvalue weighted by atomic mass is 35.5. The molecule has 0 aliphatic heterocycles. The topological polar surface area (TPSA) is 89.7 Å². The van der Waals surface area contributed by atoms with Gasteiger partial charge < -0.3 is 9.84 Å². The first kappa shape index (κ1) is 11.7. The lowest BCUT2D eigenvalue weighted by Crippen LogP contribution is -2.16. The van der Waals surface area contributed by atoms with Crippen molar-refractivity contribution in [3.63, 3.8) is 0 Å². The third kappa shape index (κ3) is 2.16. The molecular weight excluding hydrogens is 250 g/mol. The summed E-state index contributed by atoms with van der Waals surface area (Å²) in [4.78, 5) is 20.6. The van der Waals surface area contributed by atoms with Gasteiger partial charge in [-0.15, -0.1) is 0 Å². The zero-order valence-corrected chi connectivity index (χ0v) is 9.31. The number of halogens is 1. The van der Waals surface area contributed by atoms with E-state index >= 15 is 0 Å². The molecule has 0 aromatic heterocycles. The molecule has 90 valence electrons. The lowest BCUT2D eigenvalue weighted by Gasteiger charge is -2.14. The molecule has 1 aliphatic rings. The van der Waals surface area contributed by atoms with Crippen LogP contribution >= 0.6 is 11.6 Å². The molecule has 0 atom stereocenters. The molecule has 1 fully saturated rings. The smallest absolute Gasteiger partial charge is 0.450 e. The molecule has 1 N–H and O–H groups in total. The fourth-order valence-electron chi connectivity index (χ4n) is 1.67. The van der Waals surface area contributed by atoms with Crippen molar-refractivity contribution in [2.75, 3.05) is 0 Å². The molecule has 0 saturated heterocycles. The molecule has 6 nitrogen and oxygen atoms in total. The molecule has 0 unspecified atom stereocenters. The Bertz CT molecular complexity index is 497. The van der Waals surface area contributed by atoms with E-state index in [9.17, 15) is 14.9 Å². The Labute approximate surface area is 101 Å². The second kappa shape index (κ2) is 3.89. The first-order chi connectivity index (χ1) is 7.94. The summed E-state index contributed by atoms with van der Waals surface area (Å²) in [5.41, 5.74) is -0.707. The Hall–Kier alpha value is -1.82. The Morgan fingerprint density at radius 2 is 2.18 bits per heavy atom. The fourth-order valence-corrected chi connectivity index (χ4v) is 1.85. The molecule has 1 aliphatic carbocycles.